The van der Waals surface area contributed by atoms with Crippen molar-refractivity contribution >= 4 is 11.9 Å². The van der Waals surface area contributed by atoms with Gasteiger partial charge in [-0.05, 0) is 0 Å². The number of nitrogens with two attached hydrogens (primary N) is 2. The number of carbonyl (C=O) groups is 2. The van der Waals surface area contributed by atoms with Crippen LogP contribution in [0.4, 0.5) is 0 Å². The van der Waals surface area contributed by atoms with Gasteiger partial charge in [0, 0.05) is 0 Å². The number of hydrogen-bond acceptors (Lipinski definition) is 5. The first-order valence-corrected chi connectivity index (χ1v) is 3.27. The molecule has 0 aromatic rings. The van der Waals surface area contributed by atoms with Crippen molar-refractivity contribution in [2.24, 2.45) is 11.5 Å². The normalized spacial score (nSPS) is 9.92. The van der Waals surface area contributed by atoms with Crippen LogP contribution in [0.15, 0.2) is 0 Å². The highest BCUT2D eigenvalue weighted by atomic mass is 16.4. The van der Waals surface area contributed by atoms with Crippen LogP contribution in [0, 0.1) is 0 Å². The predicted octanol–water partition coefficient (Wildman–Crippen LogP) is -2.67. The molecular weight excluding hydrogens is 164 g/mol. The Labute approximate surface area is 69.1 Å². The van der Waals surface area contributed by atoms with E-state index in [-0.39, 0.29) is 13.0 Å². The molecule has 0 aliphatic heterocycles. The van der Waals surface area contributed by atoms with Gasteiger partial charge in [0.05, 0.1) is 12.6 Å². The molecule has 0 atom stereocenters. The van der Waals surface area contributed by atoms with Gasteiger partial charge < -0.3 is 16.6 Å². The molecule has 0 rings (SSSR count). The Hall–Kier alpha value is -1.18. The molecule has 0 aliphatic rings. The van der Waals surface area contributed by atoms with Gasteiger partial charge >= 0.3 is 5.97 Å². The second-order valence-corrected chi connectivity index (χ2v) is 2.16. The first-order valence-electron chi connectivity index (χ1n) is 3.27. The molecule has 0 bridgehead atoms. The summed E-state index contributed by atoms with van der Waals surface area (Å²) < 4.78 is 0. The summed E-state index contributed by atoms with van der Waals surface area (Å²) in [6.45, 7) is -0.342. The quantitative estimate of drug-likeness (QED) is 0.229. The van der Waals surface area contributed by atoms with E-state index >= 15 is 0 Å². The number of hydrazine groups is 1. The lowest BCUT2D eigenvalue weighted by molar-refractivity contribution is -0.136. The molecule has 0 unspecified atom stereocenters. The van der Waals surface area contributed by atoms with Crippen molar-refractivity contribution in [1.82, 2.24) is 10.9 Å². The number of aliphatic carboxylic acids is 1. The second kappa shape index (κ2) is 5.47. The van der Waals surface area contributed by atoms with Crippen LogP contribution < -0.4 is 22.3 Å². The molecule has 0 aromatic carbocycles. The summed E-state index contributed by atoms with van der Waals surface area (Å²) in [7, 11) is 0. The van der Waals surface area contributed by atoms with E-state index < -0.39 is 18.0 Å². The Morgan fingerprint density at radius 1 is 1.42 bits per heavy atom. The number of hydrogen-bond donors (Lipinski definition) is 5. The molecule has 0 heterocycles. The lowest BCUT2D eigenvalue weighted by Crippen LogP contribution is -2.44. The average molecular weight is 176 g/mol. The van der Waals surface area contributed by atoms with Crippen LogP contribution in [-0.2, 0) is 9.59 Å². The van der Waals surface area contributed by atoms with Gasteiger partial charge in [-0.15, -0.1) is 0 Å². The summed E-state index contributed by atoms with van der Waals surface area (Å²) >= 11 is 0. The fraction of sp³-hybridized carbons (Fsp3) is 0.600. The Bertz CT molecular complexity index is 170. The van der Waals surface area contributed by atoms with E-state index in [1.807, 2.05) is 0 Å². The summed E-state index contributed by atoms with van der Waals surface area (Å²) in [5.74, 6) is -1.50. The van der Waals surface area contributed by atoms with Crippen LogP contribution in [-0.4, -0.2) is 29.7 Å². The molecule has 70 valence electrons. The fourth-order valence-electron chi connectivity index (χ4n) is 0.483. The van der Waals surface area contributed by atoms with Crippen molar-refractivity contribution in [2.75, 3.05) is 6.54 Å². The molecule has 0 saturated carbocycles. The molecule has 0 aromatic heterocycles. The molecular formula is C5H12N4O3. The van der Waals surface area contributed by atoms with Crippen LogP contribution in [0.5, 0.6) is 0 Å². The molecule has 0 saturated heterocycles. The number of nitrogens with one attached hydrogen (secondary N) is 2. The van der Waals surface area contributed by atoms with E-state index in [0.717, 1.165) is 0 Å². The van der Waals surface area contributed by atoms with Gasteiger partial charge in [-0.3, -0.25) is 15.0 Å². The predicted molar refractivity (Wildman–Crippen MR) is 40.6 cm³/mol. The van der Waals surface area contributed by atoms with Crippen molar-refractivity contribution < 1.29 is 14.7 Å². The van der Waals surface area contributed by atoms with Gasteiger partial charge in [0.25, 0.3) is 0 Å². The van der Waals surface area contributed by atoms with Crippen molar-refractivity contribution in [1.29, 1.82) is 0 Å². The SMILES string of the molecule is NC(N)CC(=O)NNCC(=O)O. The summed E-state index contributed by atoms with van der Waals surface area (Å²) in [5, 5.41) is 8.15. The van der Waals surface area contributed by atoms with Crippen LogP contribution in [0.25, 0.3) is 0 Å². The Kier molecular flexibility index (Phi) is 4.93. The van der Waals surface area contributed by atoms with E-state index in [4.69, 9.17) is 16.6 Å². The molecule has 0 fully saturated rings. The minimum Gasteiger partial charge on any atom is -0.480 e. The van der Waals surface area contributed by atoms with Crippen molar-refractivity contribution in [3.05, 3.63) is 0 Å². The molecule has 0 aliphatic carbocycles. The van der Waals surface area contributed by atoms with Crippen LogP contribution >= 0.6 is 0 Å². The largest absolute Gasteiger partial charge is 0.480 e. The van der Waals surface area contributed by atoms with Crippen LogP contribution in [0.2, 0.25) is 0 Å². The number of rotatable bonds is 5. The third-order valence-electron chi connectivity index (χ3n) is 0.889. The summed E-state index contributed by atoms with van der Waals surface area (Å²) in [6, 6.07) is 0. The minimum atomic E-state index is -1.06. The maximum atomic E-state index is 10.7. The maximum Gasteiger partial charge on any atom is 0.319 e. The highest BCUT2D eigenvalue weighted by Gasteiger charge is 2.04. The number of amides is 1. The first kappa shape index (κ1) is 10.8. The summed E-state index contributed by atoms with van der Waals surface area (Å²) in [6.07, 6.45) is -0.774. The van der Waals surface area contributed by atoms with E-state index in [9.17, 15) is 9.59 Å². The number of carboxylic acid groups (broad SMARTS) is 1. The highest BCUT2D eigenvalue weighted by Crippen LogP contribution is 1.76. The third-order valence-corrected chi connectivity index (χ3v) is 0.889. The Morgan fingerprint density at radius 3 is 2.42 bits per heavy atom. The lowest BCUT2D eigenvalue weighted by Gasteiger charge is -2.06. The standard InChI is InChI=1S/C5H12N4O3/c6-3(7)1-4(10)9-8-2-5(11)12/h3,8H,1-2,6-7H2,(H,9,10)(H,11,12). The van der Waals surface area contributed by atoms with Crippen molar-refractivity contribution in [3.63, 3.8) is 0 Å². The summed E-state index contributed by atoms with van der Waals surface area (Å²) in [5.41, 5.74) is 14.5. The van der Waals surface area contributed by atoms with Gasteiger partial charge in [-0.1, -0.05) is 0 Å². The Morgan fingerprint density at radius 2 is 2.00 bits per heavy atom. The van der Waals surface area contributed by atoms with E-state index in [1.54, 1.807) is 0 Å². The molecule has 1 amide bonds. The van der Waals surface area contributed by atoms with Crippen LogP contribution in [0.3, 0.4) is 0 Å². The molecule has 0 radical (unpaired) electrons. The smallest absolute Gasteiger partial charge is 0.319 e. The third kappa shape index (κ3) is 6.93. The molecule has 0 spiro atoms. The molecule has 7 N–H and O–H groups in total. The Balaban J connectivity index is 3.38. The summed E-state index contributed by atoms with van der Waals surface area (Å²) in [4.78, 5) is 20.6. The first-order chi connectivity index (χ1) is 5.52. The number of carbonyl (C=O) groups excluding carboxylic acids is 1. The van der Waals surface area contributed by atoms with Gasteiger partial charge in [-0.25, -0.2) is 5.43 Å². The van der Waals surface area contributed by atoms with Crippen LogP contribution in [0.1, 0.15) is 6.42 Å². The highest BCUT2D eigenvalue weighted by molar-refractivity contribution is 5.76. The molecule has 12 heavy (non-hydrogen) atoms. The maximum absolute atomic E-state index is 10.7. The average Bonchev–Trinajstić information content (AvgIpc) is 1.84. The topological polar surface area (TPSA) is 130 Å². The van der Waals surface area contributed by atoms with Gasteiger partial charge in [0.15, 0.2) is 0 Å². The number of carboxylic acids is 1. The zero-order valence-electron chi connectivity index (χ0n) is 6.41. The van der Waals surface area contributed by atoms with Crippen molar-refractivity contribution in [2.45, 2.75) is 12.6 Å². The monoisotopic (exact) mass is 176 g/mol. The van der Waals surface area contributed by atoms with E-state index in [1.165, 1.54) is 0 Å². The molecule has 7 nitrogen and oxygen atoms in total. The van der Waals surface area contributed by atoms with Gasteiger partial charge in [0.2, 0.25) is 5.91 Å². The fourth-order valence-corrected chi connectivity index (χ4v) is 0.483. The molecule has 7 heteroatoms. The minimum absolute atomic E-state index is 0.0490. The second-order valence-electron chi connectivity index (χ2n) is 2.16. The lowest BCUT2D eigenvalue weighted by atomic mass is 10.3. The van der Waals surface area contributed by atoms with Gasteiger partial charge in [0.1, 0.15) is 6.54 Å². The zero-order valence-corrected chi connectivity index (χ0v) is 6.41. The van der Waals surface area contributed by atoms with E-state index in [0.29, 0.717) is 0 Å². The van der Waals surface area contributed by atoms with Crippen molar-refractivity contribution in [3.8, 4) is 0 Å². The zero-order chi connectivity index (χ0) is 9.56. The van der Waals surface area contributed by atoms with E-state index in [2.05, 4.69) is 10.9 Å². The van der Waals surface area contributed by atoms with Gasteiger partial charge in [-0.2, -0.15) is 0 Å².